The lowest BCUT2D eigenvalue weighted by molar-refractivity contribution is 0.0841. The van der Waals surface area contributed by atoms with Gasteiger partial charge >= 0.3 is 0 Å². The smallest absolute Gasteiger partial charge is 0.253 e. The van der Waals surface area contributed by atoms with Crippen molar-refractivity contribution in [2.24, 2.45) is 0 Å². The summed E-state index contributed by atoms with van der Waals surface area (Å²) in [6.07, 6.45) is 3.76. The molecule has 2 heterocycles. The second kappa shape index (κ2) is 5.21. The van der Waals surface area contributed by atoms with Crippen molar-refractivity contribution in [2.75, 3.05) is 11.9 Å². The van der Waals surface area contributed by atoms with Crippen LogP contribution in [0.5, 0.6) is 0 Å². The predicted octanol–water partition coefficient (Wildman–Crippen LogP) is 2.17. The van der Waals surface area contributed by atoms with E-state index >= 15 is 0 Å². The van der Waals surface area contributed by atoms with E-state index in [9.17, 15) is 4.79 Å². The highest BCUT2D eigenvalue weighted by Gasteiger charge is 2.41. The molecule has 19 heavy (non-hydrogen) atoms. The lowest BCUT2D eigenvalue weighted by atomic mass is 9.95. The zero-order chi connectivity index (χ0) is 13.2. The fraction of sp³-hybridized carbons (Fsp3) is 0.533. The molecule has 3 atom stereocenters. The number of benzene rings is 1. The van der Waals surface area contributed by atoms with Gasteiger partial charge in [-0.15, -0.1) is 0 Å². The minimum atomic E-state index is -0.00213. The number of hydrogen-bond acceptors (Lipinski definition) is 3. The van der Waals surface area contributed by atoms with Crippen LogP contribution in [0.1, 0.15) is 36.5 Å². The molecule has 0 aliphatic carbocycles. The molecule has 2 fully saturated rings. The van der Waals surface area contributed by atoms with Crippen molar-refractivity contribution >= 4 is 11.6 Å². The molecule has 2 bridgehead atoms. The molecule has 0 saturated carbocycles. The van der Waals surface area contributed by atoms with Crippen molar-refractivity contribution in [3.8, 4) is 0 Å². The molecule has 2 aliphatic rings. The van der Waals surface area contributed by atoms with Gasteiger partial charge in [-0.05, 0) is 38.3 Å². The number of fused-ring (bicyclic) bond motifs is 2. The summed E-state index contributed by atoms with van der Waals surface area (Å²) in [5, 5.41) is 6.35. The molecular formula is C15H20N2O2. The fourth-order valence-electron chi connectivity index (χ4n) is 3.06. The lowest BCUT2D eigenvalue weighted by Gasteiger charge is -2.21. The second-order valence-corrected chi connectivity index (χ2v) is 5.27. The summed E-state index contributed by atoms with van der Waals surface area (Å²) in [6, 6.07) is 7.82. The van der Waals surface area contributed by atoms with E-state index in [1.165, 1.54) is 0 Å². The average Bonchev–Trinajstić information content (AvgIpc) is 3.02. The van der Waals surface area contributed by atoms with Crippen LogP contribution in [0.15, 0.2) is 24.3 Å². The number of amides is 1. The number of rotatable bonds is 4. The molecule has 4 nitrogen and oxygen atoms in total. The maximum Gasteiger partial charge on any atom is 0.253 e. The van der Waals surface area contributed by atoms with Crippen LogP contribution in [0.2, 0.25) is 0 Å². The van der Waals surface area contributed by atoms with E-state index in [0.717, 1.165) is 31.5 Å². The molecule has 0 spiro atoms. The summed E-state index contributed by atoms with van der Waals surface area (Å²) < 4.78 is 5.77. The molecule has 0 radical (unpaired) electrons. The summed E-state index contributed by atoms with van der Waals surface area (Å²) in [4.78, 5) is 12.4. The van der Waals surface area contributed by atoms with Gasteiger partial charge in [0.25, 0.3) is 5.91 Å². The van der Waals surface area contributed by atoms with Crippen molar-refractivity contribution in [3.05, 3.63) is 29.8 Å². The van der Waals surface area contributed by atoms with E-state index < -0.39 is 0 Å². The van der Waals surface area contributed by atoms with Gasteiger partial charge in [0.15, 0.2) is 0 Å². The Bertz CT molecular complexity index is 475. The summed E-state index contributed by atoms with van der Waals surface area (Å²) in [5.74, 6) is -0.00213. The predicted molar refractivity (Wildman–Crippen MR) is 74.4 cm³/mol. The third kappa shape index (κ3) is 2.45. The number of para-hydroxylation sites is 1. The summed E-state index contributed by atoms with van der Waals surface area (Å²) >= 11 is 0. The van der Waals surface area contributed by atoms with Crippen LogP contribution >= 0.6 is 0 Å². The third-order valence-electron chi connectivity index (χ3n) is 3.96. The van der Waals surface area contributed by atoms with Gasteiger partial charge in [0.05, 0.1) is 23.8 Å². The van der Waals surface area contributed by atoms with E-state index in [1.807, 2.05) is 31.2 Å². The van der Waals surface area contributed by atoms with Gasteiger partial charge in [0, 0.05) is 12.2 Å². The highest BCUT2D eigenvalue weighted by atomic mass is 16.5. The molecule has 1 aromatic carbocycles. The Balaban J connectivity index is 1.70. The maximum absolute atomic E-state index is 12.4. The summed E-state index contributed by atoms with van der Waals surface area (Å²) in [6.45, 7) is 2.83. The van der Waals surface area contributed by atoms with Crippen LogP contribution in [-0.4, -0.2) is 30.7 Å². The van der Waals surface area contributed by atoms with Crippen molar-refractivity contribution in [2.45, 2.75) is 44.4 Å². The molecule has 0 aromatic heterocycles. The van der Waals surface area contributed by atoms with Gasteiger partial charge < -0.3 is 15.4 Å². The van der Waals surface area contributed by atoms with Crippen LogP contribution in [0, 0.1) is 0 Å². The van der Waals surface area contributed by atoms with Crippen LogP contribution in [-0.2, 0) is 4.74 Å². The lowest BCUT2D eigenvalue weighted by Crippen LogP contribution is -2.41. The molecular weight excluding hydrogens is 240 g/mol. The normalized spacial score (nSPS) is 28.4. The summed E-state index contributed by atoms with van der Waals surface area (Å²) in [5.41, 5.74) is 1.61. The minimum absolute atomic E-state index is 0.00213. The van der Waals surface area contributed by atoms with Crippen molar-refractivity contribution in [3.63, 3.8) is 0 Å². The van der Waals surface area contributed by atoms with E-state index in [4.69, 9.17) is 4.74 Å². The second-order valence-electron chi connectivity index (χ2n) is 5.27. The number of nitrogens with one attached hydrogen (secondary N) is 2. The van der Waals surface area contributed by atoms with Crippen LogP contribution in [0.4, 0.5) is 5.69 Å². The standard InChI is InChI=1S/C15H20N2O2/c1-2-16-12-6-4-3-5-11(12)15(18)17-13-9-10-7-8-14(13)19-10/h3-6,10,13-14,16H,2,7-9H2,1H3,(H,17,18). The first-order valence-electron chi connectivity index (χ1n) is 7.07. The SMILES string of the molecule is CCNc1ccccc1C(=O)NC1CC2CCC1O2. The molecule has 1 amide bonds. The first kappa shape index (κ1) is 12.5. The average molecular weight is 260 g/mol. The van der Waals surface area contributed by atoms with Crippen LogP contribution < -0.4 is 10.6 Å². The molecule has 3 rings (SSSR count). The van der Waals surface area contributed by atoms with E-state index in [0.29, 0.717) is 11.7 Å². The number of carbonyl (C=O) groups excluding carboxylic acids is 1. The minimum Gasteiger partial charge on any atom is -0.385 e. The summed E-state index contributed by atoms with van der Waals surface area (Å²) in [7, 11) is 0. The van der Waals surface area contributed by atoms with Gasteiger partial charge in [-0.2, -0.15) is 0 Å². The topological polar surface area (TPSA) is 50.4 Å². The molecule has 102 valence electrons. The van der Waals surface area contributed by atoms with Crippen molar-refractivity contribution in [1.82, 2.24) is 5.32 Å². The molecule has 2 saturated heterocycles. The van der Waals surface area contributed by atoms with Crippen LogP contribution in [0.25, 0.3) is 0 Å². The quantitative estimate of drug-likeness (QED) is 0.872. The third-order valence-corrected chi connectivity index (χ3v) is 3.96. The number of anilines is 1. The molecule has 4 heteroatoms. The first-order chi connectivity index (χ1) is 9.28. The Morgan fingerprint density at radius 2 is 2.21 bits per heavy atom. The zero-order valence-corrected chi connectivity index (χ0v) is 11.2. The van der Waals surface area contributed by atoms with Gasteiger partial charge in [-0.1, -0.05) is 12.1 Å². The van der Waals surface area contributed by atoms with Crippen molar-refractivity contribution < 1.29 is 9.53 Å². The van der Waals surface area contributed by atoms with Gasteiger partial charge in [0.1, 0.15) is 0 Å². The highest BCUT2D eigenvalue weighted by Crippen LogP contribution is 2.34. The molecule has 1 aromatic rings. The van der Waals surface area contributed by atoms with Gasteiger partial charge in [-0.25, -0.2) is 0 Å². The van der Waals surface area contributed by atoms with Gasteiger partial charge in [-0.3, -0.25) is 4.79 Å². The Morgan fingerprint density at radius 3 is 2.89 bits per heavy atom. The monoisotopic (exact) mass is 260 g/mol. The zero-order valence-electron chi connectivity index (χ0n) is 11.2. The Hall–Kier alpha value is -1.55. The number of ether oxygens (including phenoxy) is 1. The van der Waals surface area contributed by atoms with Crippen LogP contribution in [0.3, 0.4) is 0 Å². The van der Waals surface area contributed by atoms with E-state index in [1.54, 1.807) is 0 Å². The number of hydrogen-bond donors (Lipinski definition) is 2. The highest BCUT2D eigenvalue weighted by molar-refractivity contribution is 5.99. The van der Waals surface area contributed by atoms with E-state index in [-0.39, 0.29) is 18.1 Å². The molecule has 3 unspecified atom stereocenters. The molecule has 2 N–H and O–H groups in total. The first-order valence-corrected chi connectivity index (χ1v) is 7.07. The Morgan fingerprint density at radius 1 is 1.37 bits per heavy atom. The Kier molecular flexibility index (Phi) is 3.42. The maximum atomic E-state index is 12.4. The largest absolute Gasteiger partial charge is 0.385 e. The Labute approximate surface area is 113 Å². The van der Waals surface area contributed by atoms with Crippen molar-refractivity contribution in [1.29, 1.82) is 0 Å². The molecule has 2 aliphatic heterocycles. The van der Waals surface area contributed by atoms with Gasteiger partial charge in [0.2, 0.25) is 0 Å². The van der Waals surface area contributed by atoms with E-state index in [2.05, 4.69) is 10.6 Å². The number of carbonyl (C=O) groups is 1. The fourth-order valence-corrected chi connectivity index (χ4v) is 3.06.